The van der Waals surface area contributed by atoms with E-state index in [-0.39, 0.29) is 5.91 Å². The third kappa shape index (κ3) is 2.84. The third-order valence-electron chi connectivity index (χ3n) is 2.45. The molecule has 94 valence electrons. The predicted octanol–water partition coefficient (Wildman–Crippen LogP) is 1.61. The van der Waals surface area contributed by atoms with Gasteiger partial charge in [-0.15, -0.1) is 11.3 Å². The van der Waals surface area contributed by atoms with Crippen molar-refractivity contribution in [3.05, 3.63) is 40.1 Å². The zero-order valence-electron chi connectivity index (χ0n) is 10.0. The summed E-state index contributed by atoms with van der Waals surface area (Å²) in [5.74, 6) is -0.205. The topological polar surface area (TPSA) is 80.9 Å². The molecule has 0 bridgehead atoms. The smallest absolute Gasteiger partial charge is 0.253 e. The lowest BCUT2D eigenvalue weighted by atomic mass is 10.2. The van der Waals surface area contributed by atoms with E-state index >= 15 is 0 Å². The molecule has 0 aliphatic rings. The molecule has 0 saturated carbocycles. The number of pyridine rings is 1. The summed E-state index contributed by atoms with van der Waals surface area (Å²) in [7, 11) is 0. The molecule has 2 aromatic rings. The van der Waals surface area contributed by atoms with Gasteiger partial charge in [-0.2, -0.15) is 0 Å². The molecule has 3 N–H and O–H groups in total. The Kier molecular flexibility index (Phi) is 3.88. The van der Waals surface area contributed by atoms with Crippen LogP contribution in [0.15, 0.2) is 24.7 Å². The van der Waals surface area contributed by atoms with Crippen LogP contribution in [0.25, 0.3) is 0 Å². The van der Waals surface area contributed by atoms with Crippen LogP contribution in [0.4, 0.5) is 5.69 Å². The minimum Gasteiger partial charge on any atom is -0.397 e. The second kappa shape index (κ2) is 5.59. The van der Waals surface area contributed by atoms with Crippen molar-refractivity contribution in [2.24, 2.45) is 0 Å². The van der Waals surface area contributed by atoms with E-state index in [1.165, 1.54) is 11.1 Å². The summed E-state index contributed by atoms with van der Waals surface area (Å²) >= 11 is 1.60. The molecule has 2 rings (SSSR count). The first kappa shape index (κ1) is 12.5. The lowest BCUT2D eigenvalue weighted by Crippen LogP contribution is -2.23. The zero-order chi connectivity index (χ0) is 13.0. The Hall–Kier alpha value is -1.95. The number of carbonyl (C=O) groups is 1. The Morgan fingerprint density at radius 1 is 1.50 bits per heavy atom. The number of nitrogens with two attached hydrogens (primary N) is 1. The summed E-state index contributed by atoms with van der Waals surface area (Å²) < 4.78 is 0. The summed E-state index contributed by atoms with van der Waals surface area (Å²) in [5.41, 5.74) is 6.50. The van der Waals surface area contributed by atoms with E-state index in [4.69, 9.17) is 5.73 Å². The van der Waals surface area contributed by atoms with Gasteiger partial charge in [0.2, 0.25) is 0 Å². The zero-order valence-corrected chi connectivity index (χ0v) is 10.8. The fourth-order valence-corrected chi connectivity index (χ4v) is 2.26. The van der Waals surface area contributed by atoms with Crippen LogP contribution >= 0.6 is 11.3 Å². The van der Waals surface area contributed by atoms with E-state index in [2.05, 4.69) is 22.2 Å². The predicted molar refractivity (Wildman–Crippen MR) is 71.3 cm³/mol. The van der Waals surface area contributed by atoms with Crippen molar-refractivity contribution >= 4 is 22.9 Å². The van der Waals surface area contributed by atoms with Gasteiger partial charge in [-0.25, -0.2) is 4.98 Å². The fraction of sp³-hybridized carbons (Fsp3) is 0.250. The Morgan fingerprint density at radius 3 is 3.00 bits per heavy atom. The molecule has 2 aromatic heterocycles. The number of nitrogens with one attached hydrogen (secondary N) is 1. The highest BCUT2D eigenvalue weighted by molar-refractivity contribution is 7.11. The van der Waals surface area contributed by atoms with E-state index in [1.807, 2.05) is 6.20 Å². The van der Waals surface area contributed by atoms with E-state index in [1.54, 1.807) is 23.6 Å². The average Bonchev–Trinajstić information content (AvgIpc) is 2.84. The number of anilines is 1. The number of aryl methyl sites for hydroxylation is 1. The molecule has 0 fully saturated rings. The maximum atomic E-state index is 11.9. The Labute approximate surface area is 109 Å². The van der Waals surface area contributed by atoms with Crippen LogP contribution in [0.2, 0.25) is 0 Å². The second-order valence-corrected chi connectivity index (χ2v) is 4.92. The van der Waals surface area contributed by atoms with Crippen molar-refractivity contribution in [2.45, 2.75) is 19.9 Å². The molecule has 0 saturated heterocycles. The number of carbonyl (C=O) groups excluding carboxylic acids is 1. The molecule has 0 aliphatic heterocycles. The lowest BCUT2D eigenvalue weighted by Gasteiger charge is -2.05. The number of nitrogen functional groups attached to an aromatic ring is 1. The Balaban J connectivity index is 1.98. The van der Waals surface area contributed by atoms with Gasteiger partial charge in [-0.3, -0.25) is 9.78 Å². The fourth-order valence-electron chi connectivity index (χ4n) is 1.46. The van der Waals surface area contributed by atoms with Crippen LogP contribution in [0.5, 0.6) is 0 Å². The van der Waals surface area contributed by atoms with Crippen LogP contribution in [0.1, 0.15) is 27.2 Å². The maximum Gasteiger partial charge on any atom is 0.253 e. The first-order valence-electron chi connectivity index (χ1n) is 5.62. The van der Waals surface area contributed by atoms with Gasteiger partial charge in [0.25, 0.3) is 5.91 Å². The van der Waals surface area contributed by atoms with Crippen molar-refractivity contribution in [3.63, 3.8) is 0 Å². The standard InChI is InChI=1S/C12H14N4OS/c1-2-8-5-15-11(18-8)7-16-12(17)9-3-4-14-6-10(9)13/h3-6H,2,7,13H2,1H3,(H,16,17). The quantitative estimate of drug-likeness (QED) is 0.877. The molecule has 6 heteroatoms. The summed E-state index contributed by atoms with van der Waals surface area (Å²) in [6.45, 7) is 2.50. The molecular formula is C12H14N4OS. The number of nitrogens with zero attached hydrogens (tertiary/aromatic N) is 2. The van der Waals surface area contributed by atoms with E-state index < -0.39 is 0 Å². The SMILES string of the molecule is CCc1cnc(CNC(=O)c2ccncc2N)s1. The first-order chi connectivity index (χ1) is 8.70. The number of amides is 1. The molecule has 5 nitrogen and oxygen atoms in total. The largest absolute Gasteiger partial charge is 0.397 e. The van der Waals surface area contributed by atoms with Crippen LogP contribution in [0.3, 0.4) is 0 Å². The van der Waals surface area contributed by atoms with Gasteiger partial charge in [0.1, 0.15) is 5.01 Å². The second-order valence-electron chi connectivity index (χ2n) is 3.72. The molecule has 2 heterocycles. The molecule has 0 atom stereocenters. The van der Waals surface area contributed by atoms with Gasteiger partial charge in [0, 0.05) is 17.3 Å². The van der Waals surface area contributed by atoms with Crippen molar-refractivity contribution in [3.8, 4) is 0 Å². The van der Waals surface area contributed by atoms with Crippen molar-refractivity contribution in [1.82, 2.24) is 15.3 Å². The van der Waals surface area contributed by atoms with Gasteiger partial charge in [-0.05, 0) is 12.5 Å². The molecule has 0 aliphatic carbocycles. The highest BCUT2D eigenvalue weighted by atomic mass is 32.1. The van der Waals surface area contributed by atoms with Gasteiger partial charge in [0.05, 0.1) is 24.0 Å². The molecule has 0 spiro atoms. The number of hydrogen-bond acceptors (Lipinski definition) is 5. The maximum absolute atomic E-state index is 11.9. The highest BCUT2D eigenvalue weighted by Gasteiger charge is 2.09. The Morgan fingerprint density at radius 2 is 2.33 bits per heavy atom. The lowest BCUT2D eigenvalue weighted by molar-refractivity contribution is 0.0951. The first-order valence-corrected chi connectivity index (χ1v) is 6.43. The summed E-state index contributed by atoms with van der Waals surface area (Å²) in [5, 5.41) is 3.69. The van der Waals surface area contributed by atoms with Gasteiger partial charge < -0.3 is 11.1 Å². The minimum absolute atomic E-state index is 0.205. The molecule has 0 radical (unpaired) electrons. The normalized spacial score (nSPS) is 10.3. The average molecular weight is 262 g/mol. The van der Waals surface area contributed by atoms with Crippen LogP contribution in [-0.4, -0.2) is 15.9 Å². The number of aromatic nitrogens is 2. The van der Waals surface area contributed by atoms with Crippen molar-refractivity contribution < 1.29 is 4.79 Å². The number of thiazole rings is 1. The summed E-state index contributed by atoms with van der Waals surface area (Å²) in [4.78, 5) is 21.2. The highest BCUT2D eigenvalue weighted by Crippen LogP contribution is 2.13. The molecule has 1 amide bonds. The van der Waals surface area contributed by atoms with Gasteiger partial charge >= 0.3 is 0 Å². The monoisotopic (exact) mass is 262 g/mol. The minimum atomic E-state index is -0.205. The van der Waals surface area contributed by atoms with E-state index in [0.717, 1.165) is 11.4 Å². The number of rotatable bonds is 4. The number of hydrogen-bond donors (Lipinski definition) is 2. The molecule has 0 unspecified atom stereocenters. The van der Waals surface area contributed by atoms with Gasteiger partial charge in [-0.1, -0.05) is 6.92 Å². The Bertz CT molecular complexity index is 553. The van der Waals surface area contributed by atoms with Crippen LogP contribution in [0, 0.1) is 0 Å². The van der Waals surface area contributed by atoms with Gasteiger partial charge in [0.15, 0.2) is 0 Å². The van der Waals surface area contributed by atoms with Crippen LogP contribution in [-0.2, 0) is 13.0 Å². The van der Waals surface area contributed by atoms with Crippen molar-refractivity contribution in [2.75, 3.05) is 5.73 Å². The third-order valence-corrected chi connectivity index (χ3v) is 3.59. The van der Waals surface area contributed by atoms with E-state index in [9.17, 15) is 4.79 Å². The van der Waals surface area contributed by atoms with E-state index in [0.29, 0.717) is 17.8 Å². The molecular weight excluding hydrogens is 248 g/mol. The summed E-state index contributed by atoms with van der Waals surface area (Å²) in [6, 6.07) is 1.60. The van der Waals surface area contributed by atoms with Crippen LogP contribution < -0.4 is 11.1 Å². The molecule has 0 aromatic carbocycles. The van der Waals surface area contributed by atoms with Crippen molar-refractivity contribution in [1.29, 1.82) is 0 Å². The summed E-state index contributed by atoms with van der Waals surface area (Å²) in [6.07, 6.45) is 5.81. The molecule has 18 heavy (non-hydrogen) atoms.